The Kier molecular flexibility index (Phi) is 2.92. The summed E-state index contributed by atoms with van der Waals surface area (Å²) in [5.41, 5.74) is 1.33. The molecule has 0 spiro atoms. The molecule has 0 aliphatic carbocycles. The Hall–Kier alpha value is -2.15. The van der Waals surface area contributed by atoms with Crippen LogP contribution in [0.5, 0.6) is 0 Å². The van der Waals surface area contributed by atoms with E-state index in [2.05, 4.69) is 0 Å². The number of nitrogens with zero attached hydrogens (tertiary/aromatic N) is 2. The van der Waals surface area contributed by atoms with Crippen molar-refractivity contribution in [1.29, 1.82) is 5.26 Å². The van der Waals surface area contributed by atoms with Crippen LogP contribution >= 0.6 is 0 Å². The lowest BCUT2D eigenvalue weighted by Gasteiger charge is -2.27. The van der Waals surface area contributed by atoms with Crippen molar-refractivity contribution in [2.24, 2.45) is 5.92 Å². The normalized spacial score (nSPS) is 16.4. The molecule has 2 rings (SSSR count). The van der Waals surface area contributed by atoms with Crippen LogP contribution in [0.2, 0.25) is 0 Å². The maximum absolute atomic E-state index is 12.1. The van der Waals surface area contributed by atoms with Gasteiger partial charge in [-0.3, -0.25) is 14.5 Å². The van der Waals surface area contributed by atoms with E-state index < -0.39 is 0 Å². The molecule has 0 radical (unpaired) electrons. The third-order valence-electron chi connectivity index (χ3n) is 2.81. The summed E-state index contributed by atoms with van der Waals surface area (Å²) in [4.78, 5) is 25.1. The second kappa shape index (κ2) is 4.38. The Morgan fingerprint density at radius 1 is 1.41 bits per heavy atom. The first kappa shape index (κ1) is 11.3. The molecule has 1 heterocycles. The van der Waals surface area contributed by atoms with Gasteiger partial charge in [-0.25, -0.2) is 0 Å². The molecule has 0 bridgehead atoms. The molecular weight excluding hydrogens is 216 g/mol. The molecule has 2 amide bonds. The van der Waals surface area contributed by atoms with Crippen LogP contribution in [-0.4, -0.2) is 23.3 Å². The fourth-order valence-corrected chi connectivity index (χ4v) is 1.90. The van der Waals surface area contributed by atoms with E-state index >= 15 is 0 Å². The lowest BCUT2D eigenvalue weighted by Crippen LogP contribution is -2.44. The van der Waals surface area contributed by atoms with Gasteiger partial charge in [0.15, 0.2) is 0 Å². The van der Waals surface area contributed by atoms with Crippen molar-refractivity contribution in [3.05, 3.63) is 35.4 Å². The van der Waals surface area contributed by atoms with E-state index in [1.807, 2.05) is 12.1 Å². The van der Waals surface area contributed by atoms with E-state index in [0.717, 1.165) is 5.56 Å². The zero-order chi connectivity index (χ0) is 12.4. The van der Waals surface area contributed by atoms with Crippen molar-refractivity contribution in [1.82, 2.24) is 4.90 Å². The summed E-state index contributed by atoms with van der Waals surface area (Å²) in [6.45, 7) is 1.86. The van der Waals surface area contributed by atoms with Crippen molar-refractivity contribution in [2.75, 3.05) is 6.54 Å². The number of imide groups is 1. The summed E-state index contributed by atoms with van der Waals surface area (Å²) >= 11 is 0. The van der Waals surface area contributed by atoms with Gasteiger partial charge in [-0.2, -0.15) is 5.26 Å². The van der Waals surface area contributed by atoms with E-state index in [0.29, 0.717) is 5.56 Å². The van der Waals surface area contributed by atoms with Crippen LogP contribution < -0.4 is 0 Å². The van der Waals surface area contributed by atoms with Gasteiger partial charge in [-0.1, -0.05) is 18.2 Å². The first-order chi connectivity index (χ1) is 8.13. The van der Waals surface area contributed by atoms with Crippen molar-refractivity contribution < 1.29 is 9.59 Å². The highest BCUT2D eigenvalue weighted by Crippen LogP contribution is 2.20. The molecule has 1 unspecified atom stereocenters. The molecule has 0 saturated carbocycles. The third-order valence-corrected chi connectivity index (χ3v) is 2.81. The van der Waals surface area contributed by atoms with E-state index in [4.69, 9.17) is 5.26 Å². The van der Waals surface area contributed by atoms with Gasteiger partial charge in [0.05, 0.1) is 18.4 Å². The standard InChI is InChI=1S/C13H12N2O2/c1-9(7-14)8-15-12(16)6-10-4-2-3-5-11(10)13(15)17/h2-5,9H,6,8H2,1H3. The number of fused-ring (bicyclic) bond motifs is 1. The molecule has 1 atom stereocenters. The highest BCUT2D eigenvalue weighted by atomic mass is 16.2. The predicted octanol–water partition coefficient (Wildman–Crippen LogP) is 1.37. The highest BCUT2D eigenvalue weighted by molar-refractivity contribution is 6.09. The highest BCUT2D eigenvalue weighted by Gasteiger charge is 2.31. The van der Waals surface area contributed by atoms with Crippen molar-refractivity contribution >= 4 is 11.8 Å². The largest absolute Gasteiger partial charge is 0.277 e. The number of carbonyl (C=O) groups excluding carboxylic acids is 2. The number of rotatable bonds is 2. The summed E-state index contributed by atoms with van der Waals surface area (Å²) in [7, 11) is 0. The van der Waals surface area contributed by atoms with Gasteiger partial charge in [-0.05, 0) is 18.6 Å². The Labute approximate surface area is 99.5 Å². The van der Waals surface area contributed by atoms with Crippen LogP contribution in [0.15, 0.2) is 24.3 Å². The maximum atomic E-state index is 12.1. The van der Waals surface area contributed by atoms with Gasteiger partial charge in [0.2, 0.25) is 5.91 Å². The third kappa shape index (κ3) is 2.04. The second-order valence-corrected chi connectivity index (χ2v) is 4.17. The van der Waals surface area contributed by atoms with Gasteiger partial charge in [0.25, 0.3) is 5.91 Å². The molecule has 0 aromatic heterocycles. The summed E-state index contributed by atoms with van der Waals surface area (Å²) < 4.78 is 0. The lowest BCUT2D eigenvalue weighted by molar-refractivity contribution is -0.128. The van der Waals surface area contributed by atoms with Crippen LogP contribution in [0.25, 0.3) is 0 Å². The maximum Gasteiger partial charge on any atom is 0.260 e. The number of carbonyl (C=O) groups is 2. The van der Waals surface area contributed by atoms with Crippen LogP contribution in [0.3, 0.4) is 0 Å². The Morgan fingerprint density at radius 2 is 2.12 bits per heavy atom. The van der Waals surface area contributed by atoms with Crippen molar-refractivity contribution in [3.8, 4) is 6.07 Å². The van der Waals surface area contributed by atoms with Gasteiger partial charge >= 0.3 is 0 Å². The smallest absolute Gasteiger partial charge is 0.260 e. The fourth-order valence-electron chi connectivity index (χ4n) is 1.90. The Bertz CT molecular complexity index is 516. The summed E-state index contributed by atoms with van der Waals surface area (Å²) in [6.07, 6.45) is 0.236. The molecule has 1 aromatic rings. The average Bonchev–Trinajstić information content (AvgIpc) is 2.34. The molecule has 1 aromatic carbocycles. The number of hydrogen-bond acceptors (Lipinski definition) is 3. The molecule has 1 aliphatic heterocycles. The average molecular weight is 228 g/mol. The van der Waals surface area contributed by atoms with Gasteiger partial charge < -0.3 is 0 Å². The van der Waals surface area contributed by atoms with Crippen LogP contribution in [0.4, 0.5) is 0 Å². The monoisotopic (exact) mass is 228 g/mol. The van der Waals surface area contributed by atoms with E-state index in [1.165, 1.54) is 4.90 Å². The molecule has 1 aliphatic rings. The zero-order valence-corrected chi connectivity index (χ0v) is 9.51. The quantitative estimate of drug-likeness (QED) is 0.718. The number of hydrogen-bond donors (Lipinski definition) is 0. The van der Waals surface area contributed by atoms with E-state index in [9.17, 15) is 9.59 Å². The number of benzene rings is 1. The zero-order valence-electron chi connectivity index (χ0n) is 9.51. The van der Waals surface area contributed by atoms with Crippen molar-refractivity contribution in [2.45, 2.75) is 13.3 Å². The van der Waals surface area contributed by atoms with Crippen LogP contribution in [0, 0.1) is 17.2 Å². The first-order valence-electron chi connectivity index (χ1n) is 5.45. The molecule has 4 nitrogen and oxygen atoms in total. The van der Waals surface area contributed by atoms with Gasteiger partial charge in [0.1, 0.15) is 0 Å². The molecule has 17 heavy (non-hydrogen) atoms. The second-order valence-electron chi connectivity index (χ2n) is 4.17. The molecule has 86 valence electrons. The molecular formula is C13H12N2O2. The summed E-state index contributed by atoms with van der Waals surface area (Å²) in [5.74, 6) is -0.858. The minimum atomic E-state index is -0.340. The fraction of sp³-hybridized carbons (Fsp3) is 0.308. The molecule has 0 fully saturated rings. The minimum absolute atomic E-state index is 0.169. The van der Waals surface area contributed by atoms with Crippen molar-refractivity contribution in [3.63, 3.8) is 0 Å². The van der Waals surface area contributed by atoms with Gasteiger partial charge in [0, 0.05) is 12.1 Å². The molecule has 0 N–H and O–H groups in total. The SMILES string of the molecule is CC(C#N)CN1C(=O)Cc2ccccc2C1=O. The Balaban J connectivity index is 2.31. The topological polar surface area (TPSA) is 61.2 Å². The predicted molar refractivity (Wildman–Crippen MR) is 61.0 cm³/mol. The molecule has 0 saturated heterocycles. The summed E-state index contributed by atoms with van der Waals surface area (Å²) in [6, 6.07) is 9.12. The van der Waals surface area contributed by atoms with E-state index in [1.54, 1.807) is 25.1 Å². The van der Waals surface area contributed by atoms with Crippen LogP contribution in [0.1, 0.15) is 22.8 Å². The number of nitriles is 1. The van der Waals surface area contributed by atoms with Gasteiger partial charge in [-0.15, -0.1) is 0 Å². The number of amides is 2. The Morgan fingerprint density at radius 3 is 2.82 bits per heavy atom. The van der Waals surface area contributed by atoms with Crippen LogP contribution in [-0.2, 0) is 11.2 Å². The summed E-state index contributed by atoms with van der Waals surface area (Å²) in [5, 5.41) is 8.73. The first-order valence-corrected chi connectivity index (χ1v) is 5.45. The minimum Gasteiger partial charge on any atom is -0.277 e. The molecule has 4 heteroatoms. The lowest BCUT2D eigenvalue weighted by atomic mass is 9.98. The van der Waals surface area contributed by atoms with E-state index in [-0.39, 0.29) is 30.7 Å².